The number of hydrogen-bond donors (Lipinski definition) is 2. The van der Waals surface area contributed by atoms with Crippen molar-refractivity contribution in [2.24, 2.45) is 0 Å². The molecule has 1 aromatic rings. The van der Waals surface area contributed by atoms with Gasteiger partial charge < -0.3 is 19.9 Å². The summed E-state index contributed by atoms with van der Waals surface area (Å²) in [6.45, 7) is 4.74. The summed E-state index contributed by atoms with van der Waals surface area (Å²) in [5.41, 5.74) is -2.31. The standard InChI is InChI=1S/C15H19N3O9/c1-15(2,3)27-14(21)16-10(13(19)20)6-8-5-9(17(22)23)7-11(18(24)25)12(8)26-4/h5,7,10H,6H2,1-4H3,(H,16,21)(H,19,20)/t10-/m1/s1. The van der Waals surface area contributed by atoms with Crippen LogP contribution in [0.15, 0.2) is 12.1 Å². The van der Waals surface area contributed by atoms with E-state index >= 15 is 0 Å². The summed E-state index contributed by atoms with van der Waals surface area (Å²) in [6.07, 6.45) is -1.52. The number of methoxy groups -OCH3 is 1. The first-order valence-corrected chi connectivity index (χ1v) is 7.57. The van der Waals surface area contributed by atoms with E-state index < -0.39 is 51.3 Å². The second kappa shape index (κ2) is 8.29. The second-order valence-corrected chi connectivity index (χ2v) is 6.41. The van der Waals surface area contributed by atoms with E-state index in [0.29, 0.717) is 6.07 Å². The number of ether oxygens (including phenoxy) is 2. The van der Waals surface area contributed by atoms with Gasteiger partial charge in [0, 0.05) is 18.1 Å². The minimum Gasteiger partial charge on any atom is -0.490 e. The molecule has 0 aliphatic rings. The zero-order valence-corrected chi connectivity index (χ0v) is 15.0. The van der Waals surface area contributed by atoms with Gasteiger partial charge in [-0.1, -0.05) is 0 Å². The quantitative estimate of drug-likeness (QED) is 0.526. The number of nitro benzene ring substituents is 2. The normalized spacial score (nSPS) is 12.0. The molecule has 1 atom stereocenters. The highest BCUT2D eigenvalue weighted by atomic mass is 16.6. The molecule has 0 unspecified atom stereocenters. The molecule has 12 nitrogen and oxygen atoms in total. The summed E-state index contributed by atoms with van der Waals surface area (Å²) >= 11 is 0. The van der Waals surface area contributed by atoms with Crippen molar-refractivity contribution in [1.82, 2.24) is 5.32 Å². The van der Waals surface area contributed by atoms with Crippen LogP contribution in [0.1, 0.15) is 26.3 Å². The van der Waals surface area contributed by atoms with Gasteiger partial charge in [0.15, 0.2) is 0 Å². The van der Waals surface area contributed by atoms with Crippen molar-refractivity contribution in [3.8, 4) is 5.75 Å². The number of aliphatic carboxylic acids is 1. The largest absolute Gasteiger partial charge is 0.490 e. The average Bonchev–Trinajstić information content (AvgIpc) is 2.51. The number of rotatable bonds is 7. The number of hydrogen-bond acceptors (Lipinski definition) is 8. The topological polar surface area (TPSA) is 171 Å². The SMILES string of the molecule is COc1c(C[C@@H](NC(=O)OC(C)(C)C)C(=O)O)cc([N+](=O)[O-])cc1[N+](=O)[O-]. The molecule has 0 bridgehead atoms. The van der Waals surface area contributed by atoms with E-state index in [0.717, 1.165) is 13.2 Å². The number of carbonyl (C=O) groups excluding carboxylic acids is 1. The molecule has 0 spiro atoms. The molecule has 148 valence electrons. The molecule has 0 aliphatic heterocycles. The van der Waals surface area contributed by atoms with E-state index in [2.05, 4.69) is 5.32 Å². The lowest BCUT2D eigenvalue weighted by Gasteiger charge is -2.22. The lowest BCUT2D eigenvalue weighted by molar-refractivity contribution is -0.394. The number of nitrogens with zero attached hydrogens (tertiary/aromatic N) is 2. The van der Waals surface area contributed by atoms with Crippen molar-refractivity contribution in [2.75, 3.05) is 7.11 Å². The third-order valence-electron chi connectivity index (χ3n) is 3.16. The van der Waals surface area contributed by atoms with Crippen LogP contribution < -0.4 is 10.1 Å². The van der Waals surface area contributed by atoms with Crippen molar-refractivity contribution < 1.29 is 34.0 Å². The van der Waals surface area contributed by atoms with Crippen LogP contribution in [-0.4, -0.2) is 45.8 Å². The maximum absolute atomic E-state index is 11.8. The molecule has 27 heavy (non-hydrogen) atoms. The van der Waals surface area contributed by atoms with Crippen LogP contribution in [0.4, 0.5) is 16.2 Å². The maximum Gasteiger partial charge on any atom is 0.408 e. The van der Waals surface area contributed by atoms with Crippen LogP contribution in [0.3, 0.4) is 0 Å². The van der Waals surface area contributed by atoms with Crippen LogP contribution in [0.5, 0.6) is 5.75 Å². The second-order valence-electron chi connectivity index (χ2n) is 6.41. The average molecular weight is 385 g/mol. The maximum atomic E-state index is 11.8. The van der Waals surface area contributed by atoms with Gasteiger partial charge in [-0.25, -0.2) is 9.59 Å². The summed E-state index contributed by atoms with van der Waals surface area (Å²) in [7, 11) is 1.11. The van der Waals surface area contributed by atoms with Gasteiger partial charge in [-0.2, -0.15) is 0 Å². The Kier molecular flexibility index (Phi) is 6.64. The third kappa shape index (κ3) is 6.09. The molecule has 1 aromatic carbocycles. The zero-order valence-electron chi connectivity index (χ0n) is 15.0. The van der Waals surface area contributed by atoms with Gasteiger partial charge in [-0.3, -0.25) is 20.2 Å². The predicted molar refractivity (Wildman–Crippen MR) is 90.8 cm³/mol. The lowest BCUT2D eigenvalue weighted by Crippen LogP contribution is -2.44. The number of amides is 1. The number of non-ortho nitro benzene ring substituents is 1. The molecule has 0 heterocycles. The van der Waals surface area contributed by atoms with Gasteiger partial charge in [0.05, 0.1) is 23.0 Å². The number of alkyl carbamates (subject to hydrolysis) is 1. The first kappa shape index (κ1) is 21.6. The fraction of sp³-hybridized carbons (Fsp3) is 0.467. The molecule has 1 amide bonds. The van der Waals surface area contributed by atoms with E-state index in [1.807, 2.05) is 0 Å². The van der Waals surface area contributed by atoms with Crippen molar-refractivity contribution >= 4 is 23.4 Å². The number of carboxylic acid groups (broad SMARTS) is 1. The Hall–Kier alpha value is -3.44. The first-order valence-electron chi connectivity index (χ1n) is 7.57. The number of carboxylic acids is 1. The van der Waals surface area contributed by atoms with Crippen LogP contribution in [0.25, 0.3) is 0 Å². The highest BCUT2D eigenvalue weighted by Crippen LogP contribution is 2.36. The summed E-state index contributed by atoms with van der Waals surface area (Å²) in [5.74, 6) is -1.79. The smallest absolute Gasteiger partial charge is 0.408 e. The van der Waals surface area contributed by atoms with E-state index in [4.69, 9.17) is 9.47 Å². The van der Waals surface area contributed by atoms with Crippen molar-refractivity contribution in [2.45, 2.75) is 38.8 Å². The zero-order chi connectivity index (χ0) is 20.9. The van der Waals surface area contributed by atoms with Crippen molar-refractivity contribution in [1.29, 1.82) is 0 Å². The van der Waals surface area contributed by atoms with Crippen LogP contribution in [0, 0.1) is 20.2 Å². The van der Waals surface area contributed by atoms with Crippen LogP contribution in [-0.2, 0) is 16.0 Å². The summed E-state index contributed by atoms with van der Waals surface area (Å²) in [4.78, 5) is 43.7. The van der Waals surface area contributed by atoms with Crippen molar-refractivity contribution in [3.63, 3.8) is 0 Å². The first-order chi connectivity index (χ1) is 12.4. The van der Waals surface area contributed by atoms with E-state index in [1.165, 1.54) is 0 Å². The van der Waals surface area contributed by atoms with E-state index in [9.17, 15) is 34.9 Å². The summed E-state index contributed by atoms with van der Waals surface area (Å²) in [6, 6.07) is 0.105. The summed E-state index contributed by atoms with van der Waals surface area (Å²) in [5, 5.41) is 33.6. The van der Waals surface area contributed by atoms with Gasteiger partial charge in [0.1, 0.15) is 11.6 Å². The number of carbonyl (C=O) groups is 2. The molecule has 0 radical (unpaired) electrons. The van der Waals surface area contributed by atoms with E-state index in [1.54, 1.807) is 20.8 Å². The Balaban J connectivity index is 3.28. The van der Waals surface area contributed by atoms with E-state index in [-0.39, 0.29) is 11.3 Å². The minimum absolute atomic E-state index is 0.123. The number of benzene rings is 1. The van der Waals surface area contributed by atoms with Gasteiger partial charge in [0.2, 0.25) is 5.75 Å². The molecule has 2 N–H and O–H groups in total. The molecule has 0 saturated heterocycles. The molecule has 0 saturated carbocycles. The van der Waals surface area contributed by atoms with Crippen LogP contribution >= 0.6 is 0 Å². The number of nitrogens with one attached hydrogen (secondary N) is 1. The highest BCUT2D eigenvalue weighted by molar-refractivity contribution is 5.80. The van der Waals surface area contributed by atoms with Gasteiger partial charge in [-0.05, 0) is 20.8 Å². The Morgan fingerprint density at radius 3 is 2.22 bits per heavy atom. The Labute approximate surface area is 153 Å². The third-order valence-corrected chi connectivity index (χ3v) is 3.16. The predicted octanol–water partition coefficient (Wildman–Crippen LogP) is 2.03. The van der Waals surface area contributed by atoms with Crippen molar-refractivity contribution in [3.05, 3.63) is 37.9 Å². The van der Waals surface area contributed by atoms with Crippen LogP contribution in [0.2, 0.25) is 0 Å². The Morgan fingerprint density at radius 1 is 1.22 bits per heavy atom. The fourth-order valence-corrected chi connectivity index (χ4v) is 2.15. The lowest BCUT2D eigenvalue weighted by atomic mass is 10.0. The molecule has 1 rings (SSSR count). The summed E-state index contributed by atoms with van der Waals surface area (Å²) < 4.78 is 9.91. The molecule has 0 aromatic heterocycles. The monoisotopic (exact) mass is 385 g/mol. The number of nitro groups is 2. The fourth-order valence-electron chi connectivity index (χ4n) is 2.15. The molecule has 0 aliphatic carbocycles. The Morgan fingerprint density at radius 2 is 1.81 bits per heavy atom. The van der Waals surface area contributed by atoms with Gasteiger partial charge in [0.25, 0.3) is 5.69 Å². The van der Waals surface area contributed by atoms with Gasteiger partial charge in [-0.15, -0.1) is 0 Å². The highest BCUT2D eigenvalue weighted by Gasteiger charge is 2.30. The van der Waals surface area contributed by atoms with Gasteiger partial charge >= 0.3 is 17.7 Å². The Bertz CT molecular complexity index is 771. The minimum atomic E-state index is -1.56. The molecule has 12 heteroatoms. The molecular weight excluding hydrogens is 366 g/mol. The molecular formula is C15H19N3O9. The molecule has 0 fully saturated rings.